The summed E-state index contributed by atoms with van der Waals surface area (Å²) in [6.07, 6.45) is 0. The van der Waals surface area contributed by atoms with Gasteiger partial charge in [0.05, 0.1) is 28.4 Å². The minimum Gasteiger partial charge on any atom is -0.375 e. The van der Waals surface area contributed by atoms with Crippen LogP contribution in [0.25, 0.3) is 0 Å². The van der Waals surface area contributed by atoms with Gasteiger partial charge in [0, 0.05) is 21.1 Å². The van der Waals surface area contributed by atoms with Crippen molar-refractivity contribution in [1.29, 1.82) is 0 Å². The van der Waals surface area contributed by atoms with E-state index >= 15 is 0 Å². The molecule has 1 unspecified atom stereocenters. The maximum absolute atomic E-state index is 14.4. The Morgan fingerprint density at radius 3 is 2.50 bits per heavy atom. The van der Waals surface area contributed by atoms with Crippen molar-refractivity contribution in [3.05, 3.63) is 62.6 Å². The van der Waals surface area contributed by atoms with Gasteiger partial charge in [0.25, 0.3) is 0 Å². The number of benzodiazepines with no additional fused rings is 1. The molecule has 2 atom stereocenters. The molecular weight excluding hydrogens is 418 g/mol. The normalized spacial score (nSPS) is 19.8. The highest BCUT2D eigenvalue weighted by atomic mass is 79.9. The number of hydrogen-bond acceptors (Lipinski definition) is 3. The lowest BCUT2D eigenvalue weighted by Crippen LogP contribution is -2.30. The Kier molecular flexibility index (Phi) is 4.99. The fourth-order valence-corrected chi connectivity index (χ4v) is 3.49. The highest BCUT2D eigenvalue weighted by Gasteiger charge is 2.29. The number of hydrogen-bond donors (Lipinski definition) is 1. The van der Waals surface area contributed by atoms with Crippen molar-refractivity contribution in [2.24, 2.45) is 4.99 Å². The molecule has 2 nitrogen and oxygen atoms in total. The highest BCUT2D eigenvalue weighted by molar-refractivity contribution is 9.10. The van der Waals surface area contributed by atoms with Gasteiger partial charge in [-0.05, 0) is 47.1 Å². The predicted octanol–water partition coefficient (Wildman–Crippen LogP) is 5.40. The summed E-state index contributed by atoms with van der Waals surface area (Å²) < 4.78 is 29.4. The molecule has 124 valence electrons. The standard InChI is InChI=1S/C17H12BrClF2N2S/c1-8-13(7-24)23-12-6-5-9(18)16(19)15(12)17(22-8)14-10(20)3-2-4-11(14)21/h2-8,13,23H,1H3/t8-,13?/m0/s1. The second kappa shape index (κ2) is 6.86. The quantitative estimate of drug-likeness (QED) is 0.646. The van der Waals surface area contributed by atoms with Crippen LogP contribution < -0.4 is 5.32 Å². The van der Waals surface area contributed by atoms with E-state index in [9.17, 15) is 8.78 Å². The number of halogens is 4. The zero-order chi connectivity index (χ0) is 17.4. The number of aliphatic imine (C=N–C) groups is 1. The molecule has 0 saturated heterocycles. The Balaban J connectivity index is 2.36. The Hall–Kier alpha value is -1.37. The number of thiocarbonyl (C=S) groups is 1. The summed E-state index contributed by atoms with van der Waals surface area (Å²) in [7, 11) is 0. The summed E-state index contributed by atoms with van der Waals surface area (Å²) >= 11 is 14.8. The average Bonchev–Trinajstić information content (AvgIpc) is 2.68. The van der Waals surface area contributed by atoms with Gasteiger partial charge in [-0.15, -0.1) is 0 Å². The first-order chi connectivity index (χ1) is 11.4. The minimum atomic E-state index is -0.691. The lowest BCUT2D eigenvalue weighted by atomic mass is 9.99. The van der Waals surface area contributed by atoms with E-state index in [1.54, 1.807) is 17.5 Å². The van der Waals surface area contributed by atoms with Crippen molar-refractivity contribution in [2.75, 3.05) is 5.32 Å². The number of benzene rings is 2. The molecule has 2 aromatic carbocycles. The van der Waals surface area contributed by atoms with Crippen LogP contribution in [0, 0.1) is 11.6 Å². The number of nitrogens with one attached hydrogen (secondary N) is 1. The molecule has 24 heavy (non-hydrogen) atoms. The first-order valence-electron chi connectivity index (χ1n) is 7.16. The smallest absolute Gasteiger partial charge is 0.135 e. The van der Waals surface area contributed by atoms with Crippen molar-refractivity contribution in [2.45, 2.75) is 19.0 Å². The second-order valence-corrected chi connectivity index (χ2v) is 6.91. The van der Waals surface area contributed by atoms with Crippen LogP contribution in [0.4, 0.5) is 14.5 Å². The molecule has 3 rings (SSSR count). The first-order valence-corrected chi connectivity index (χ1v) is 8.80. The Labute approximate surface area is 157 Å². The number of rotatable bonds is 2. The van der Waals surface area contributed by atoms with Crippen LogP contribution in [0.1, 0.15) is 18.1 Å². The summed E-state index contributed by atoms with van der Waals surface area (Å²) in [5, 5.41) is 5.12. The van der Waals surface area contributed by atoms with E-state index in [1.807, 2.05) is 6.92 Å². The molecule has 1 aliphatic rings. The fourth-order valence-electron chi connectivity index (χ4n) is 2.61. The molecule has 0 amide bonds. The Morgan fingerprint density at radius 1 is 1.21 bits per heavy atom. The van der Waals surface area contributed by atoms with Gasteiger partial charge in [-0.3, -0.25) is 4.99 Å². The number of fused-ring (bicyclic) bond motifs is 1. The van der Waals surface area contributed by atoms with Gasteiger partial charge in [0.15, 0.2) is 0 Å². The maximum Gasteiger partial charge on any atom is 0.135 e. The molecule has 0 bridgehead atoms. The van der Waals surface area contributed by atoms with E-state index < -0.39 is 11.6 Å². The molecule has 0 radical (unpaired) electrons. The van der Waals surface area contributed by atoms with E-state index in [1.165, 1.54) is 18.2 Å². The van der Waals surface area contributed by atoms with E-state index in [0.717, 1.165) is 0 Å². The third kappa shape index (κ3) is 2.98. The van der Waals surface area contributed by atoms with Crippen molar-refractivity contribution < 1.29 is 8.78 Å². The summed E-state index contributed by atoms with van der Waals surface area (Å²) in [4.78, 5) is 4.53. The summed E-state index contributed by atoms with van der Waals surface area (Å²) in [5.74, 6) is -1.38. The van der Waals surface area contributed by atoms with Gasteiger partial charge in [-0.25, -0.2) is 8.78 Å². The Morgan fingerprint density at radius 2 is 1.88 bits per heavy atom. The summed E-state index contributed by atoms with van der Waals surface area (Å²) in [5.41, 5.74) is 1.05. The summed E-state index contributed by atoms with van der Waals surface area (Å²) in [6, 6.07) is 6.68. The third-order valence-electron chi connectivity index (χ3n) is 3.85. The molecule has 2 aromatic rings. The van der Waals surface area contributed by atoms with Crippen LogP contribution >= 0.6 is 39.7 Å². The molecule has 0 fully saturated rings. The van der Waals surface area contributed by atoms with Crippen LogP contribution in [-0.4, -0.2) is 23.2 Å². The fraction of sp³-hybridized carbons (Fsp3) is 0.176. The molecule has 1 N–H and O–H groups in total. The Bertz CT molecular complexity index is 836. The van der Waals surface area contributed by atoms with Gasteiger partial charge in [0.2, 0.25) is 0 Å². The van der Waals surface area contributed by atoms with Crippen LogP contribution in [0.3, 0.4) is 0 Å². The van der Waals surface area contributed by atoms with Crippen molar-refractivity contribution in [3.8, 4) is 0 Å². The number of anilines is 1. The minimum absolute atomic E-state index is 0.172. The third-order valence-corrected chi connectivity index (χ3v) is 5.43. The topological polar surface area (TPSA) is 24.4 Å². The largest absolute Gasteiger partial charge is 0.375 e. The maximum atomic E-state index is 14.4. The average molecular weight is 430 g/mol. The zero-order valence-electron chi connectivity index (χ0n) is 12.5. The van der Waals surface area contributed by atoms with Gasteiger partial charge in [-0.1, -0.05) is 29.9 Å². The van der Waals surface area contributed by atoms with Crippen LogP contribution in [0.5, 0.6) is 0 Å². The molecule has 0 aromatic heterocycles. The van der Waals surface area contributed by atoms with Crippen molar-refractivity contribution >= 4 is 56.5 Å². The SMILES string of the molecule is C[C@@H]1N=C(c2c(F)cccc2F)c2c(ccc(Br)c2Cl)NC1C=S. The van der Waals surface area contributed by atoms with Crippen LogP contribution in [0.15, 0.2) is 39.8 Å². The van der Waals surface area contributed by atoms with Crippen molar-refractivity contribution in [1.82, 2.24) is 0 Å². The van der Waals surface area contributed by atoms with Crippen molar-refractivity contribution in [3.63, 3.8) is 0 Å². The molecule has 1 aliphatic heterocycles. The van der Waals surface area contributed by atoms with Crippen LogP contribution in [0.2, 0.25) is 5.02 Å². The van der Waals surface area contributed by atoms with E-state index in [0.29, 0.717) is 20.7 Å². The van der Waals surface area contributed by atoms with E-state index in [4.69, 9.17) is 23.8 Å². The number of nitrogens with zero attached hydrogens (tertiary/aromatic N) is 1. The zero-order valence-corrected chi connectivity index (χ0v) is 15.6. The van der Waals surface area contributed by atoms with Gasteiger partial charge in [0.1, 0.15) is 11.6 Å². The highest BCUT2D eigenvalue weighted by Crippen LogP contribution is 2.37. The molecule has 7 heteroatoms. The monoisotopic (exact) mass is 428 g/mol. The lowest BCUT2D eigenvalue weighted by molar-refractivity contribution is 0.578. The van der Waals surface area contributed by atoms with Gasteiger partial charge >= 0.3 is 0 Å². The molecule has 1 heterocycles. The van der Waals surface area contributed by atoms with E-state index in [2.05, 4.69) is 26.2 Å². The summed E-state index contributed by atoms with van der Waals surface area (Å²) in [6.45, 7) is 1.83. The first kappa shape index (κ1) is 17.5. The lowest BCUT2D eigenvalue weighted by Gasteiger charge is -2.17. The van der Waals surface area contributed by atoms with Gasteiger partial charge < -0.3 is 5.32 Å². The second-order valence-electron chi connectivity index (χ2n) is 5.41. The molecule has 0 aliphatic carbocycles. The van der Waals surface area contributed by atoms with E-state index in [-0.39, 0.29) is 23.4 Å². The van der Waals surface area contributed by atoms with Crippen LogP contribution in [-0.2, 0) is 0 Å². The molecule has 0 saturated carbocycles. The predicted molar refractivity (Wildman–Crippen MR) is 102 cm³/mol. The van der Waals surface area contributed by atoms with Gasteiger partial charge in [-0.2, -0.15) is 0 Å². The molecule has 0 spiro atoms. The molecular formula is C17H12BrClF2N2S.